The quantitative estimate of drug-likeness (QED) is 0.453. The third-order valence-electron chi connectivity index (χ3n) is 2.79. The van der Waals surface area contributed by atoms with Crippen molar-refractivity contribution in [3.05, 3.63) is 0 Å². The van der Waals surface area contributed by atoms with Crippen molar-refractivity contribution in [1.82, 2.24) is 0 Å². The fraction of sp³-hybridized carbons (Fsp3) is 0.909. The summed E-state index contributed by atoms with van der Waals surface area (Å²) in [6.07, 6.45) is 3.68. The van der Waals surface area contributed by atoms with Gasteiger partial charge in [0.05, 0.1) is 6.61 Å². The number of hydrogen-bond acceptors (Lipinski definition) is 3. The molecular formula is C11H19IO3. The Morgan fingerprint density at radius 1 is 1.33 bits per heavy atom. The maximum atomic E-state index is 11.9. The Kier molecular flexibility index (Phi) is 5.32. The van der Waals surface area contributed by atoms with E-state index in [0.717, 1.165) is 25.7 Å². The average molecular weight is 326 g/mol. The van der Waals surface area contributed by atoms with Crippen LogP contribution in [0.25, 0.3) is 0 Å². The first-order valence-corrected chi connectivity index (χ1v) is 6.84. The molecule has 88 valence electrons. The average Bonchev–Trinajstić information content (AvgIpc) is 2.22. The Morgan fingerprint density at radius 3 is 2.40 bits per heavy atom. The van der Waals surface area contributed by atoms with E-state index >= 15 is 0 Å². The lowest BCUT2D eigenvalue weighted by atomic mass is 9.84. The van der Waals surface area contributed by atoms with Gasteiger partial charge < -0.3 is 9.47 Å². The number of hydrogen-bond donors (Lipinski definition) is 0. The van der Waals surface area contributed by atoms with Gasteiger partial charge >= 0.3 is 5.97 Å². The van der Waals surface area contributed by atoms with Crippen molar-refractivity contribution in [3.8, 4) is 0 Å². The van der Waals surface area contributed by atoms with Gasteiger partial charge in [-0.3, -0.25) is 0 Å². The first kappa shape index (κ1) is 13.2. The predicted molar refractivity (Wildman–Crippen MR) is 67.3 cm³/mol. The van der Waals surface area contributed by atoms with Gasteiger partial charge in [-0.25, -0.2) is 4.79 Å². The minimum atomic E-state index is -0.646. The summed E-state index contributed by atoms with van der Waals surface area (Å²) in [5.41, 5.74) is -0.646. The number of esters is 1. The normalized spacial score (nSPS) is 31.3. The molecular weight excluding hydrogens is 307 g/mol. The summed E-state index contributed by atoms with van der Waals surface area (Å²) >= 11 is 2.44. The number of alkyl halides is 1. The monoisotopic (exact) mass is 326 g/mol. The molecule has 0 bridgehead atoms. The summed E-state index contributed by atoms with van der Waals surface area (Å²) in [5, 5.41) is 0. The molecule has 1 aliphatic carbocycles. The maximum Gasteiger partial charge on any atom is 0.338 e. The predicted octanol–water partition coefficient (Wildman–Crippen LogP) is 2.70. The highest BCUT2D eigenvalue weighted by Crippen LogP contribution is 2.36. The Morgan fingerprint density at radius 2 is 1.93 bits per heavy atom. The molecule has 0 aromatic rings. The smallest absolute Gasteiger partial charge is 0.338 e. The lowest BCUT2D eigenvalue weighted by Gasteiger charge is -2.36. The number of rotatable bonds is 4. The van der Waals surface area contributed by atoms with Crippen molar-refractivity contribution >= 4 is 28.6 Å². The highest BCUT2D eigenvalue weighted by Gasteiger charge is 2.43. The molecule has 0 spiro atoms. The molecule has 1 fully saturated rings. The molecule has 0 aromatic carbocycles. The van der Waals surface area contributed by atoms with Gasteiger partial charge in [-0.15, -0.1) is 0 Å². The van der Waals surface area contributed by atoms with Crippen molar-refractivity contribution in [2.24, 2.45) is 0 Å². The Bertz CT molecular complexity index is 210. The van der Waals surface area contributed by atoms with Crippen molar-refractivity contribution in [3.63, 3.8) is 0 Å². The second-order valence-electron chi connectivity index (χ2n) is 3.82. The van der Waals surface area contributed by atoms with Crippen LogP contribution < -0.4 is 0 Å². The van der Waals surface area contributed by atoms with E-state index in [1.54, 1.807) is 0 Å². The Hall–Kier alpha value is 0.160. The van der Waals surface area contributed by atoms with E-state index in [4.69, 9.17) is 9.47 Å². The third-order valence-corrected chi connectivity index (χ3v) is 4.04. The lowest BCUT2D eigenvalue weighted by Crippen LogP contribution is -2.46. The van der Waals surface area contributed by atoms with Gasteiger partial charge in [0.1, 0.15) is 0 Å². The molecule has 1 saturated carbocycles. The highest BCUT2D eigenvalue weighted by atomic mass is 127. The molecule has 0 aliphatic heterocycles. The van der Waals surface area contributed by atoms with Crippen LogP contribution in [0.1, 0.15) is 39.5 Å². The van der Waals surface area contributed by atoms with E-state index in [1.807, 2.05) is 13.8 Å². The lowest BCUT2D eigenvalue weighted by molar-refractivity contribution is -0.176. The summed E-state index contributed by atoms with van der Waals surface area (Å²) in [7, 11) is 0. The van der Waals surface area contributed by atoms with Crippen molar-refractivity contribution in [2.45, 2.75) is 49.1 Å². The van der Waals surface area contributed by atoms with Crippen LogP contribution in [-0.4, -0.2) is 28.7 Å². The Labute approximate surface area is 105 Å². The molecule has 3 nitrogen and oxygen atoms in total. The molecule has 0 aromatic heterocycles. The van der Waals surface area contributed by atoms with Gasteiger partial charge in [0, 0.05) is 10.5 Å². The van der Waals surface area contributed by atoms with Crippen LogP contribution >= 0.6 is 22.6 Å². The summed E-state index contributed by atoms with van der Waals surface area (Å²) in [6.45, 7) is 4.77. The van der Waals surface area contributed by atoms with Crippen LogP contribution in [0.5, 0.6) is 0 Å². The van der Waals surface area contributed by atoms with Gasteiger partial charge in [0.15, 0.2) is 5.60 Å². The minimum Gasteiger partial charge on any atom is -0.464 e. The van der Waals surface area contributed by atoms with E-state index in [2.05, 4.69) is 22.6 Å². The molecule has 0 amide bonds. The molecule has 0 heterocycles. The van der Waals surface area contributed by atoms with E-state index in [1.165, 1.54) is 0 Å². The standard InChI is InChI=1S/C11H19IO3/c1-3-14-10(13)11(15-4-2)7-5-9(12)6-8-11/h9H,3-8H2,1-2H3. The van der Waals surface area contributed by atoms with Crippen LogP contribution in [0, 0.1) is 0 Å². The zero-order chi connectivity index (χ0) is 11.3. The van der Waals surface area contributed by atoms with Crippen molar-refractivity contribution in [1.29, 1.82) is 0 Å². The number of carbonyl (C=O) groups excluding carboxylic acids is 1. The molecule has 0 saturated heterocycles. The van der Waals surface area contributed by atoms with Crippen LogP contribution in [-0.2, 0) is 14.3 Å². The first-order valence-electron chi connectivity index (χ1n) is 5.60. The maximum absolute atomic E-state index is 11.9. The van der Waals surface area contributed by atoms with Gasteiger partial charge in [0.25, 0.3) is 0 Å². The zero-order valence-electron chi connectivity index (χ0n) is 9.42. The van der Waals surface area contributed by atoms with E-state index < -0.39 is 5.60 Å². The molecule has 0 atom stereocenters. The van der Waals surface area contributed by atoms with Crippen LogP contribution in [0.3, 0.4) is 0 Å². The summed E-state index contributed by atoms with van der Waals surface area (Å²) in [6, 6.07) is 0. The summed E-state index contributed by atoms with van der Waals surface area (Å²) < 4.78 is 11.4. The number of carbonyl (C=O) groups is 1. The van der Waals surface area contributed by atoms with Gasteiger partial charge in [-0.05, 0) is 39.5 Å². The van der Waals surface area contributed by atoms with Gasteiger partial charge in [-0.1, -0.05) is 22.6 Å². The van der Waals surface area contributed by atoms with Gasteiger partial charge in [-0.2, -0.15) is 0 Å². The fourth-order valence-corrected chi connectivity index (χ4v) is 2.62. The van der Waals surface area contributed by atoms with E-state index in [0.29, 0.717) is 17.1 Å². The van der Waals surface area contributed by atoms with Crippen LogP contribution in [0.2, 0.25) is 0 Å². The van der Waals surface area contributed by atoms with E-state index in [-0.39, 0.29) is 5.97 Å². The van der Waals surface area contributed by atoms with Crippen molar-refractivity contribution in [2.75, 3.05) is 13.2 Å². The molecule has 4 heteroatoms. The molecule has 15 heavy (non-hydrogen) atoms. The Balaban J connectivity index is 2.65. The minimum absolute atomic E-state index is 0.171. The van der Waals surface area contributed by atoms with Gasteiger partial charge in [0.2, 0.25) is 0 Å². The summed E-state index contributed by atoms with van der Waals surface area (Å²) in [5.74, 6) is -0.171. The second-order valence-corrected chi connectivity index (χ2v) is 5.58. The molecule has 1 rings (SSSR count). The zero-order valence-corrected chi connectivity index (χ0v) is 11.6. The highest BCUT2D eigenvalue weighted by molar-refractivity contribution is 14.1. The molecule has 0 N–H and O–H groups in total. The fourth-order valence-electron chi connectivity index (χ4n) is 2.00. The molecule has 0 radical (unpaired) electrons. The first-order chi connectivity index (χ1) is 7.14. The molecule has 0 unspecified atom stereocenters. The topological polar surface area (TPSA) is 35.5 Å². The van der Waals surface area contributed by atoms with Crippen LogP contribution in [0.4, 0.5) is 0 Å². The van der Waals surface area contributed by atoms with Crippen LogP contribution in [0.15, 0.2) is 0 Å². The largest absolute Gasteiger partial charge is 0.464 e. The SMILES string of the molecule is CCOC(=O)C1(OCC)CCC(I)CC1. The number of halogens is 1. The van der Waals surface area contributed by atoms with E-state index in [9.17, 15) is 4.79 Å². The van der Waals surface area contributed by atoms with Crippen molar-refractivity contribution < 1.29 is 14.3 Å². The number of ether oxygens (including phenoxy) is 2. The summed E-state index contributed by atoms with van der Waals surface area (Å²) in [4.78, 5) is 11.9. The third kappa shape index (κ3) is 3.31. The second kappa shape index (κ2) is 6.03. The molecule has 1 aliphatic rings.